The summed E-state index contributed by atoms with van der Waals surface area (Å²) in [5.74, 6) is 0.839. The third-order valence-corrected chi connectivity index (χ3v) is 3.61. The van der Waals surface area contributed by atoms with Gasteiger partial charge in [-0.1, -0.05) is 11.8 Å². The van der Waals surface area contributed by atoms with Crippen molar-refractivity contribution >= 4 is 29.0 Å². The van der Waals surface area contributed by atoms with Gasteiger partial charge in [0.25, 0.3) is 0 Å². The summed E-state index contributed by atoms with van der Waals surface area (Å²) in [6.07, 6.45) is 1.92. The lowest BCUT2D eigenvalue weighted by atomic mass is 10.2. The molecule has 2 N–H and O–H groups in total. The number of rotatable bonds is 6. The fourth-order valence-electron chi connectivity index (χ4n) is 1.24. The topological polar surface area (TPSA) is 70.7 Å². The van der Waals surface area contributed by atoms with Gasteiger partial charge in [0.2, 0.25) is 5.91 Å². The SMILES string of the molecule is O=C(Cc1ccsc1)NCCSc1ncn[nH]1. The molecule has 0 radical (unpaired) electrons. The second-order valence-corrected chi connectivity index (χ2v) is 5.16. The van der Waals surface area contributed by atoms with Crippen molar-refractivity contribution in [2.45, 2.75) is 11.6 Å². The van der Waals surface area contributed by atoms with Crippen LogP contribution in [0.1, 0.15) is 5.56 Å². The van der Waals surface area contributed by atoms with E-state index in [-0.39, 0.29) is 5.91 Å². The second-order valence-electron chi connectivity index (χ2n) is 3.30. The molecule has 0 fully saturated rings. The van der Waals surface area contributed by atoms with E-state index in [0.29, 0.717) is 13.0 Å². The summed E-state index contributed by atoms with van der Waals surface area (Å²) >= 11 is 3.14. The summed E-state index contributed by atoms with van der Waals surface area (Å²) in [5, 5.41) is 14.1. The molecule has 5 nitrogen and oxygen atoms in total. The maximum Gasteiger partial charge on any atom is 0.224 e. The molecule has 2 aromatic rings. The Kier molecular flexibility index (Phi) is 4.57. The number of carbonyl (C=O) groups is 1. The van der Waals surface area contributed by atoms with Crippen LogP contribution < -0.4 is 5.32 Å². The molecule has 1 amide bonds. The van der Waals surface area contributed by atoms with E-state index in [2.05, 4.69) is 20.5 Å². The molecule has 0 saturated carbocycles. The maximum absolute atomic E-state index is 11.5. The van der Waals surface area contributed by atoms with Gasteiger partial charge in [-0.2, -0.15) is 16.4 Å². The number of thioether (sulfide) groups is 1. The summed E-state index contributed by atoms with van der Waals surface area (Å²) in [5.41, 5.74) is 1.07. The van der Waals surface area contributed by atoms with Gasteiger partial charge in [0.15, 0.2) is 5.16 Å². The number of hydrogen-bond acceptors (Lipinski definition) is 5. The first-order valence-corrected chi connectivity index (χ1v) is 7.03. The molecular weight excluding hydrogens is 256 g/mol. The van der Waals surface area contributed by atoms with E-state index in [0.717, 1.165) is 16.5 Å². The van der Waals surface area contributed by atoms with Crippen LogP contribution in [0.5, 0.6) is 0 Å². The van der Waals surface area contributed by atoms with Crippen LogP contribution >= 0.6 is 23.1 Å². The van der Waals surface area contributed by atoms with E-state index in [9.17, 15) is 4.79 Å². The fourth-order valence-corrected chi connectivity index (χ4v) is 2.55. The van der Waals surface area contributed by atoms with Crippen molar-refractivity contribution in [1.82, 2.24) is 20.5 Å². The highest BCUT2D eigenvalue weighted by molar-refractivity contribution is 7.99. The molecule has 0 bridgehead atoms. The Morgan fingerprint density at radius 2 is 2.53 bits per heavy atom. The summed E-state index contributed by atoms with van der Waals surface area (Å²) < 4.78 is 0. The minimum absolute atomic E-state index is 0.0570. The summed E-state index contributed by atoms with van der Waals surface area (Å²) in [4.78, 5) is 15.5. The Morgan fingerprint density at radius 1 is 1.59 bits per heavy atom. The lowest BCUT2D eigenvalue weighted by Gasteiger charge is -2.02. The molecule has 17 heavy (non-hydrogen) atoms. The monoisotopic (exact) mass is 268 g/mol. The normalized spacial score (nSPS) is 10.4. The molecule has 0 atom stereocenters. The number of nitrogens with one attached hydrogen (secondary N) is 2. The van der Waals surface area contributed by atoms with Gasteiger partial charge in [-0.15, -0.1) is 0 Å². The zero-order chi connectivity index (χ0) is 11.9. The molecule has 2 aromatic heterocycles. The Hall–Kier alpha value is -1.34. The van der Waals surface area contributed by atoms with Crippen molar-refractivity contribution in [1.29, 1.82) is 0 Å². The molecule has 2 rings (SSSR count). The first-order valence-electron chi connectivity index (χ1n) is 5.10. The van der Waals surface area contributed by atoms with Gasteiger partial charge in [-0.3, -0.25) is 9.89 Å². The first kappa shape index (κ1) is 12.1. The molecular formula is C10H12N4OS2. The molecule has 0 spiro atoms. The van der Waals surface area contributed by atoms with Crippen molar-refractivity contribution in [2.24, 2.45) is 0 Å². The van der Waals surface area contributed by atoms with Gasteiger partial charge in [0.05, 0.1) is 6.42 Å². The molecule has 0 saturated heterocycles. The molecule has 0 aliphatic rings. The van der Waals surface area contributed by atoms with E-state index >= 15 is 0 Å². The highest BCUT2D eigenvalue weighted by Crippen LogP contribution is 2.09. The number of carbonyl (C=O) groups excluding carboxylic acids is 1. The van der Waals surface area contributed by atoms with Crippen LogP contribution in [0.4, 0.5) is 0 Å². The molecule has 7 heteroatoms. The number of nitrogens with zero attached hydrogens (tertiary/aromatic N) is 2. The summed E-state index contributed by atoms with van der Waals surface area (Å²) in [7, 11) is 0. The Morgan fingerprint density at radius 3 is 3.24 bits per heavy atom. The second kappa shape index (κ2) is 6.41. The highest BCUT2D eigenvalue weighted by Gasteiger charge is 2.03. The quantitative estimate of drug-likeness (QED) is 0.612. The van der Waals surface area contributed by atoms with Gasteiger partial charge in [0.1, 0.15) is 6.33 Å². The van der Waals surface area contributed by atoms with E-state index in [1.807, 2.05) is 16.8 Å². The zero-order valence-corrected chi connectivity index (χ0v) is 10.7. The van der Waals surface area contributed by atoms with Gasteiger partial charge >= 0.3 is 0 Å². The van der Waals surface area contributed by atoms with Crippen molar-refractivity contribution in [2.75, 3.05) is 12.3 Å². The fraction of sp³-hybridized carbons (Fsp3) is 0.300. The van der Waals surface area contributed by atoms with Gasteiger partial charge in [0, 0.05) is 12.3 Å². The first-order chi connectivity index (χ1) is 8.34. The average molecular weight is 268 g/mol. The number of hydrogen-bond donors (Lipinski definition) is 2. The minimum Gasteiger partial charge on any atom is -0.355 e. The van der Waals surface area contributed by atoms with Crippen LogP contribution in [-0.4, -0.2) is 33.4 Å². The van der Waals surface area contributed by atoms with E-state index < -0.39 is 0 Å². The number of H-pyrrole nitrogens is 1. The highest BCUT2D eigenvalue weighted by atomic mass is 32.2. The summed E-state index contributed by atoms with van der Waals surface area (Å²) in [6, 6.07) is 1.97. The predicted molar refractivity (Wildman–Crippen MR) is 68.1 cm³/mol. The molecule has 0 aromatic carbocycles. The van der Waals surface area contributed by atoms with Crippen molar-refractivity contribution in [3.05, 3.63) is 28.7 Å². The van der Waals surface area contributed by atoms with Crippen LogP contribution in [0.3, 0.4) is 0 Å². The minimum atomic E-state index is 0.0570. The van der Waals surface area contributed by atoms with Crippen LogP contribution in [0.2, 0.25) is 0 Å². The largest absolute Gasteiger partial charge is 0.355 e. The van der Waals surface area contributed by atoms with E-state index in [1.54, 1.807) is 11.3 Å². The number of aromatic nitrogens is 3. The molecule has 0 aliphatic carbocycles. The Balaban J connectivity index is 1.60. The Labute approximate surface area is 107 Å². The molecule has 2 heterocycles. The van der Waals surface area contributed by atoms with Crippen molar-refractivity contribution in [3.63, 3.8) is 0 Å². The number of thiophene rings is 1. The van der Waals surface area contributed by atoms with Crippen molar-refractivity contribution < 1.29 is 4.79 Å². The van der Waals surface area contributed by atoms with Crippen LogP contribution in [0, 0.1) is 0 Å². The predicted octanol–water partition coefficient (Wildman–Crippen LogP) is 1.32. The van der Waals surface area contributed by atoms with Gasteiger partial charge < -0.3 is 5.32 Å². The smallest absolute Gasteiger partial charge is 0.224 e. The van der Waals surface area contributed by atoms with Crippen LogP contribution in [-0.2, 0) is 11.2 Å². The molecule has 0 unspecified atom stereocenters. The van der Waals surface area contributed by atoms with Gasteiger partial charge in [-0.25, -0.2) is 4.98 Å². The van der Waals surface area contributed by atoms with E-state index in [4.69, 9.17) is 0 Å². The Bertz CT molecular complexity index is 441. The standard InChI is InChI=1S/C10H12N4OS2/c15-9(5-8-1-3-16-6-8)11-2-4-17-10-12-7-13-14-10/h1,3,6-7H,2,4-5H2,(H,11,15)(H,12,13,14). The van der Waals surface area contributed by atoms with Crippen LogP contribution in [0.15, 0.2) is 28.3 Å². The maximum atomic E-state index is 11.5. The average Bonchev–Trinajstić information content (AvgIpc) is 2.96. The molecule has 90 valence electrons. The third kappa shape index (κ3) is 4.20. The lowest BCUT2D eigenvalue weighted by molar-refractivity contribution is -0.120. The van der Waals surface area contributed by atoms with Crippen molar-refractivity contribution in [3.8, 4) is 0 Å². The van der Waals surface area contributed by atoms with Gasteiger partial charge in [-0.05, 0) is 22.4 Å². The number of amides is 1. The number of aromatic amines is 1. The van der Waals surface area contributed by atoms with E-state index in [1.165, 1.54) is 18.1 Å². The summed E-state index contributed by atoms with van der Waals surface area (Å²) in [6.45, 7) is 0.633. The zero-order valence-electron chi connectivity index (χ0n) is 9.05. The third-order valence-electron chi connectivity index (χ3n) is 2.00. The van der Waals surface area contributed by atoms with Crippen LogP contribution in [0.25, 0.3) is 0 Å². The lowest BCUT2D eigenvalue weighted by Crippen LogP contribution is -2.27. The molecule has 0 aliphatic heterocycles.